The molecule has 1 saturated heterocycles. The summed E-state index contributed by atoms with van der Waals surface area (Å²) < 4.78 is 29.1. The van der Waals surface area contributed by atoms with Gasteiger partial charge in [0.2, 0.25) is 0 Å². The normalized spacial score (nSPS) is 25.2. The Bertz CT molecular complexity index is 714. The monoisotopic (exact) mass is 368 g/mol. The molecule has 7 heteroatoms. The van der Waals surface area contributed by atoms with Gasteiger partial charge in [-0.1, -0.05) is 37.7 Å². The van der Waals surface area contributed by atoms with Crippen molar-refractivity contribution in [2.45, 2.75) is 31.8 Å². The van der Waals surface area contributed by atoms with Crippen molar-refractivity contribution in [3.05, 3.63) is 29.8 Å². The summed E-state index contributed by atoms with van der Waals surface area (Å²) in [4.78, 5) is 6.81. The lowest BCUT2D eigenvalue weighted by atomic mass is 10.0. The van der Waals surface area contributed by atoms with Crippen LogP contribution in [-0.2, 0) is 14.6 Å². The molecule has 0 spiro atoms. The Morgan fingerprint density at radius 3 is 2.62 bits per heavy atom. The van der Waals surface area contributed by atoms with Crippen molar-refractivity contribution >= 4 is 32.5 Å². The molecule has 0 bridgehead atoms. The smallest absolute Gasteiger partial charge is 0.164 e. The molecule has 1 aromatic rings. The van der Waals surface area contributed by atoms with Crippen LogP contribution in [0.2, 0.25) is 0 Å². The summed E-state index contributed by atoms with van der Waals surface area (Å²) in [6.45, 7) is 4.98. The van der Waals surface area contributed by atoms with Gasteiger partial charge in [0.05, 0.1) is 30.2 Å². The van der Waals surface area contributed by atoms with Gasteiger partial charge in [-0.25, -0.2) is 8.42 Å². The summed E-state index contributed by atoms with van der Waals surface area (Å²) in [6, 6.07) is 8.17. The summed E-state index contributed by atoms with van der Waals surface area (Å²) in [5.74, 6) is 1.62. The zero-order chi connectivity index (χ0) is 17.3. The largest absolute Gasteiger partial charge is 0.384 e. The van der Waals surface area contributed by atoms with E-state index < -0.39 is 9.84 Å². The predicted molar refractivity (Wildman–Crippen MR) is 101 cm³/mol. The zero-order valence-corrected chi connectivity index (χ0v) is 15.9. The first-order chi connectivity index (χ1) is 11.4. The third-order valence-corrected chi connectivity index (χ3v) is 7.09. The fourth-order valence-electron chi connectivity index (χ4n) is 3.17. The maximum atomic E-state index is 12.0. The highest BCUT2D eigenvalue weighted by Gasteiger charge is 2.47. The van der Waals surface area contributed by atoms with Gasteiger partial charge in [-0.2, -0.15) is 0 Å². The molecule has 0 unspecified atom stereocenters. The molecular weight excluding hydrogens is 344 g/mol. The van der Waals surface area contributed by atoms with Crippen LogP contribution in [0.1, 0.15) is 25.3 Å². The van der Waals surface area contributed by atoms with Crippen LogP contribution in [0.25, 0.3) is 0 Å². The Labute approximate surface area is 148 Å². The van der Waals surface area contributed by atoms with Crippen molar-refractivity contribution in [3.8, 4) is 0 Å². The Morgan fingerprint density at radius 2 is 2.00 bits per heavy atom. The molecule has 1 fully saturated rings. The van der Waals surface area contributed by atoms with Gasteiger partial charge in [-0.05, 0) is 23.6 Å². The molecule has 2 aliphatic heterocycles. The molecule has 2 atom stereocenters. The molecule has 1 aromatic carbocycles. The van der Waals surface area contributed by atoms with Crippen LogP contribution < -0.4 is 4.90 Å². The maximum absolute atomic E-state index is 12.0. The number of ether oxygens (including phenoxy) is 1. The fraction of sp³-hybridized carbons (Fsp3) is 0.588. The van der Waals surface area contributed by atoms with E-state index in [2.05, 4.69) is 43.0 Å². The van der Waals surface area contributed by atoms with Gasteiger partial charge in [-0.3, -0.25) is 4.99 Å². The molecule has 5 nitrogen and oxygen atoms in total. The van der Waals surface area contributed by atoms with E-state index in [1.54, 1.807) is 18.9 Å². The molecule has 0 aromatic heterocycles. The Balaban J connectivity index is 1.87. The number of fused-ring (bicyclic) bond motifs is 1. The second-order valence-electron chi connectivity index (χ2n) is 6.58. The summed E-state index contributed by atoms with van der Waals surface area (Å²) in [5, 5.41) is 0.911. The highest BCUT2D eigenvalue weighted by Crippen LogP contribution is 2.35. The predicted octanol–water partition coefficient (Wildman–Crippen LogP) is 2.53. The number of thioether (sulfide) groups is 1. The van der Waals surface area contributed by atoms with Crippen LogP contribution in [0.4, 0.5) is 5.69 Å². The number of sulfone groups is 1. The van der Waals surface area contributed by atoms with Gasteiger partial charge in [0, 0.05) is 18.6 Å². The molecule has 0 amide bonds. The van der Waals surface area contributed by atoms with Crippen LogP contribution in [0.5, 0.6) is 0 Å². The van der Waals surface area contributed by atoms with Gasteiger partial charge in [0.1, 0.15) is 0 Å². The second kappa shape index (κ2) is 7.06. The van der Waals surface area contributed by atoms with Gasteiger partial charge < -0.3 is 9.64 Å². The summed E-state index contributed by atoms with van der Waals surface area (Å²) in [5.41, 5.74) is 2.30. The number of benzene rings is 1. The van der Waals surface area contributed by atoms with Crippen LogP contribution in [0.3, 0.4) is 0 Å². The van der Waals surface area contributed by atoms with E-state index in [-0.39, 0.29) is 23.6 Å². The quantitative estimate of drug-likeness (QED) is 0.748. The minimum absolute atomic E-state index is 0.0788. The van der Waals surface area contributed by atoms with Crippen LogP contribution >= 0.6 is 11.8 Å². The minimum Gasteiger partial charge on any atom is -0.384 e. The molecule has 0 N–H and O–H groups in total. The molecule has 132 valence electrons. The average Bonchev–Trinajstić information content (AvgIpc) is 2.98. The molecule has 2 heterocycles. The van der Waals surface area contributed by atoms with Crippen LogP contribution in [0, 0.1) is 0 Å². The van der Waals surface area contributed by atoms with E-state index in [0.29, 0.717) is 12.5 Å². The third-order valence-electron chi connectivity index (χ3n) is 4.46. The highest BCUT2D eigenvalue weighted by molar-refractivity contribution is 8.14. The summed E-state index contributed by atoms with van der Waals surface area (Å²) in [7, 11) is -1.32. The number of aliphatic imine (C=N–C) groups is 1. The maximum Gasteiger partial charge on any atom is 0.164 e. The molecular formula is C17H24N2O3S2. The van der Waals surface area contributed by atoms with E-state index in [4.69, 9.17) is 9.73 Å². The van der Waals surface area contributed by atoms with E-state index in [1.807, 2.05) is 0 Å². The van der Waals surface area contributed by atoms with Gasteiger partial charge in [0.25, 0.3) is 0 Å². The Hall–Kier alpha value is -1.05. The molecule has 0 saturated carbocycles. The summed E-state index contributed by atoms with van der Waals surface area (Å²) in [6.07, 6.45) is 0. The lowest BCUT2D eigenvalue weighted by Crippen LogP contribution is -2.39. The van der Waals surface area contributed by atoms with Crippen LogP contribution in [0.15, 0.2) is 29.3 Å². The van der Waals surface area contributed by atoms with Crippen molar-refractivity contribution < 1.29 is 13.2 Å². The van der Waals surface area contributed by atoms with Crippen molar-refractivity contribution in [3.63, 3.8) is 0 Å². The standard InChI is InChI=1S/C17H24N2O3S2/c1-12(2)13-4-6-14(7-5-13)19-16-11-24(20,21)10-15(16)18-17(19)23-9-8-22-3/h4-7,12,15-16H,8-11H2,1-3H3/t15-,16+/m1/s1. The van der Waals surface area contributed by atoms with Crippen molar-refractivity contribution in [2.75, 3.05) is 35.9 Å². The van der Waals surface area contributed by atoms with Gasteiger partial charge in [-0.15, -0.1) is 0 Å². The first kappa shape index (κ1) is 17.8. The van der Waals surface area contributed by atoms with Crippen molar-refractivity contribution in [2.24, 2.45) is 4.99 Å². The van der Waals surface area contributed by atoms with E-state index >= 15 is 0 Å². The number of hydrogen-bond donors (Lipinski definition) is 0. The molecule has 0 radical (unpaired) electrons. The van der Waals surface area contributed by atoms with E-state index in [1.165, 1.54) is 5.56 Å². The second-order valence-corrected chi connectivity index (χ2v) is 9.80. The number of hydrogen-bond acceptors (Lipinski definition) is 6. The molecule has 24 heavy (non-hydrogen) atoms. The SMILES string of the molecule is COCCSC1=N[C@@H]2CS(=O)(=O)C[C@@H]2N1c1ccc(C(C)C)cc1. The number of methoxy groups -OCH3 is 1. The number of anilines is 1. The van der Waals surface area contributed by atoms with Gasteiger partial charge in [0.15, 0.2) is 15.0 Å². The van der Waals surface area contributed by atoms with E-state index in [0.717, 1.165) is 16.6 Å². The number of nitrogens with zero attached hydrogens (tertiary/aromatic N) is 2. The van der Waals surface area contributed by atoms with E-state index in [9.17, 15) is 8.42 Å². The number of amidine groups is 1. The molecule has 0 aliphatic carbocycles. The third kappa shape index (κ3) is 3.63. The molecule has 3 rings (SSSR count). The topological polar surface area (TPSA) is 59.0 Å². The van der Waals surface area contributed by atoms with Crippen LogP contribution in [-0.4, -0.2) is 56.6 Å². The fourth-order valence-corrected chi connectivity index (χ4v) is 6.04. The van der Waals surface area contributed by atoms with Crippen molar-refractivity contribution in [1.29, 1.82) is 0 Å². The van der Waals surface area contributed by atoms with Gasteiger partial charge >= 0.3 is 0 Å². The summed E-state index contributed by atoms with van der Waals surface area (Å²) >= 11 is 1.64. The molecule has 2 aliphatic rings. The first-order valence-electron chi connectivity index (χ1n) is 8.20. The minimum atomic E-state index is -3.00. The lowest BCUT2D eigenvalue weighted by molar-refractivity contribution is 0.219. The zero-order valence-electron chi connectivity index (χ0n) is 14.3. The first-order valence-corrected chi connectivity index (χ1v) is 11.0. The number of rotatable bonds is 5. The Kier molecular flexibility index (Phi) is 5.22. The lowest BCUT2D eigenvalue weighted by Gasteiger charge is -2.26. The average molecular weight is 369 g/mol. The van der Waals surface area contributed by atoms with Crippen molar-refractivity contribution in [1.82, 2.24) is 0 Å². The highest BCUT2D eigenvalue weighted by atomic mass is 32.2. The Morgan fingerprint density at radius 1 is 1.29 bits per heavy atom.